The highest BCUT2D eigenvalue weighted by molar-refractivity contribution is 6.35. The molecule has 0 fully saturated rings. The Bertz CT molecular complexity index is 508. The summed E-state index contributed by atoms with van der Waals surface area (Å²) in [6, 6.07) is 11.4. The number of rotatable bonds is 4. The number of ether oxygens (including phenoxy) is 1. The second kappa shape index (κ2) is 4.99. The van der Waals surface area contributed by atoms with E-state index < -0.39 is 0 Å². The number of carbonyl (C=O) groups is 1. The van der Waals surface area contributed by atoms with E-state index in [1.807, 2.05) is 30.3 Å². The number of aldehydes is 1. The molecule has 0 atom stereocenters. The van der Waals surface area contributed by atoms with Gasteiger partial charge in [0.05, 0.1) is 6.61 Å². The van der Waals surface area contributed by atoms with Gasteiger partial charge in [0.25, 0.3) is 0 Å². The Hall–Kier alpha value is -1.54. The summed E-state index contributed by atoms with van der Waals surface area (Å²) in [6.45, 7) is 0.398. The minimum atomic E-state index is 0.398. The van der Waals surface area contributed by atoms with Crippen molar-refractivity contribution < 1.29 is 9.53 Å². The van der Waals surface area contributed by atoms with E-state index in [4.69, 9.17) is 16.3 Å². The lowest BCUT2D eigenvalue weighted by molar-refractivity contribution is -0.108. The summed E-state index contributed by atoms with van der Waals surface area (Å²) in [5.74, 6) is 0.766. The van der Waals surface area contributed by atoms with Crippen molar-refractivity contribution in [2.24, 2.45) is 0 Å². The molecule has 0 unspecified atom stereocenters. The first-order valence-electron chi connectivity index (χ1n) is 5.06. The zero-order valence-corrected chi connectivity index (χ0v) is 9.41. The number of hydrogen-bond acceptors (Lipinski definition) is 2. The number of carbonyl (C=O) groups excluding carboxylic acids is 1. The van der Waals surface area contributed by atoms with Gasteiger partial charge in [-0.3, -0.25) is 0 Å². The molecule has 0 saturated carbocycles. The third kappa shape index (κ3) is 2.17. The topological polar surface area (TPSA) is 26.3 Å². The number of fused-ring (bicyclic) bond motifs is 1. The highest BCUT2D eigenvalue weighted by atomic mass is 35.5. The number of benzene rings is 2. The molecular formula is C13H11ClO2. The lowest BCUT2D eigenvalue weighted by Gasteiger charge is -2.08. The van der Waals surface area contributed by atoms with Crippen LogP contribution in [0.2, 0.25) is 5.02 Å². The molecule has 3 heteroatoms. The fourth-order valence-electron chi connectivity index (χ4n) is 1.58. The first kappa shape index (κ1) is 11.0. The first-order chi connectivity index (χ1) is 7.83. The van der Waals surface area contributed by atoms with Crippen molar-refractivity contribution in [3.05, 3.63) is 41.4 Å². The van der Waals surface area contributed by atoms with E-state index >= 15 is 0 Å². The predicted octanol–water partition coefficient (Wildman–Crippen LogP) is 3.46. The molecule has 0 aliphatic heterocycles. The number of hydrogen-bond donors (Lipinski definition) is 0. The molecule has 0 saturated heterocycles. The van der Waals surface area contributed by atoms with E-state index in [0.717, 1.165) is 22.8 Å². The van der Waals surface area contributed by atoms with Gasteiger partial charge in [-0.05, 0) is 12.1 Å². The number of halogens is 1. The smallest absolute Gasteiger partial charge is 0.127 e. The molecule has 2 aromatic carbocycles. The summed E-state index contributed by atoms with van der Waals surface area (Å²) >= 11 is 6.08. The van der Waals surface area contributed by atoms with Crippen LogP contribution in [0.3, 0.4) is 0 Å². The fourth-order valence-corrected chi connectivity index (χ4v) is 1.81. The maximum Gasteiger partial charge on any atom is 0.127 e. The largest absolute Gasteiger partial charge is 0.492 e. The van der Waals surface area contributed by atoms with Gasteiger partial charge in [-0.2, -0.15) is 0 Å². The Morgan fingerprint density at radius 1 is 1.12 bits per heavy atom. The van der Waals surface area contributed by atoms with Gasteiger partial charge in [0, 0.05) is 22.2 Å². The SMILES string of the molecule is O=CCCOc1ccc(Cl)c2ccccc12. The Kier molecular flexibility index (Phi) is 3.42. The molecule has 0 amide bonds. The lowest BCUT2D eigenvalue weighted by Crippen LogP contribution is -1.98. The van der Waals surface area contributed by atoms with Gasteiger partial charge in [-0.25, -0.2) is 0 Å². The molecule has 0 aromatic heterocycles. The standard InChI is InChI=1S/C13H11ClO2/c14-12-6-7-13(16-9-3-8-15)11-5-2-1-4-10(11)12/h1-2,4-8H,3,9H2. The van der Waals surface area contributed by atoms with Gasteiger partial charge in [-0.15, -0.1) is 0 Å². The quantitative estimate of drug-likeness (QED) is 0.598. The van der Waals surface area contributed by atoms with Gasteiger partial charge in [0.15, 0.2) is 0 Å². The molecule has 16 heavy (non-hydrogen) atoms. The minimum Gasteiger partial charge on any atom is -0.492 e. The van der Waals surface area contributed by atoms with E-state index in [0.29, 0.717) is 18.1 Å². The van der Waals surface area contributed by atoms with Crippen LogP contribution >= 0.6 is 11.6 Å². The van der Waals surface area contributed by atoms with Crippen molar-refractivity contribution in [3.8, 4) is 5.75 Å². The van der Waals surface area contributed by atoms with Crippen molar-refractivity contribution >= 4 is 28.7 Å². The van der Waals surface area contributed by atoms with Crippen molar-refractivity contribution in [3.63, 3.8) is 0 Å². The van der Waals surface area contributed by atoms with Crippen LogP contribution in [0.5, 0.6) is 5.75 Å². The van der Waals surface area contributed by atoms with Crippen LogP contribution in [0.25, 0.3) is 10.8 Å². The zero-order valence-electron chi connectivity index (χ0n) is 8.65. The lowest BCUT2D eigenvalue weighted by atomic mass is 10.1. The monoisotopic (exact) mass is 234 g/mol. The van der Waals surface area contributed by atoms with Crippen LogP contribution in [0.15, 0.2) is 36.4 Å². The second-order valence-corrected chi connectivity index (χ2v) is 3.80. The summed E-state index contributed by atoms with van der Waals surface area (Å²) in [5.41, 5.74) is 0. The zero-order chi connectivity index (χ0) is 11.4. The first-order valence-corrected chi connectivity index (χ1v) is 5.44. The summed E-state index contributed by atoms with van der Waals surface area (Å²) in [7, 11) is 0. The van der Waals surface area contributed by atoms with Crippen LogP contribution in [0, 0.1) is 0 Å². The maximum absolute atomic E-state index is 10.2. The van der Waals surface area contributed by atoms with Crippen LogP contribution in [0.4, 0.5) is 0 Å². The van der Waals surface area contributed by atoms with Crippen molar-refractivity contribution in [2.75, 3.05) is 6.61 Å². The molecule has 0 aliphatic carbocycles. The van der Waals surface area contributed by atoms with E-state index in [9.17, 15) is 4.79 Å². The average Bonchev–Trinajstić information content (AvgIpc) is 2.33. The highest BCUT2D eigenvalue weighted by Gasteiger charge is 2.04. The third-order valence-electron chi connectivity index (χ3n) is 2.32. The van der Waals surface area contributed by atoms with Crippen LogP contribution < -0.4 is 4.74 Å². The summed E-state index contributed by atoms with van der Waals surface area (Å²) in [6.07, 6.45) is 1.25. The molecule has 2 nitrogen and oxygen atoms in total. The Morgan fingerprint density at radius 2 is 1.88 bits per heavy atom. The summed E-state index contributed by atoms with van der Waals surface area (Å²) in [4.78, 5) is 10.2. The van der Waals surface area contributed by atoms with Gasteiger partial charge in [0.1, 0.15) is 12.0 Å². The molecule has 0 aliphatic rings. The molecule has 0 bridgehead atoms. The Morgan fingerprint density at radius 3 is 2.62 bits per heavy atom. The van der Waals surface area contributed by atoms with Crippen LogP contribution in [-0.2, 0) is 4.79 Å². The third-order valence-corrected chi connectivity index (χ3v) is 2.65. The molecule has 0 heterocycles. The molecular weight excluding hydrogens is 224 g/mol. The van der Waals surface area contributed by atoms with Crippen LogP contribution in [-0.4, -0.2) is 12.9 Å². The molecule has 2 aromatic rings. The normalized spacial score (nSPS) is 10.3. The summed E-state index contributed by atoms with van der Waals surface area (Å²) < 4.78 is 5.52. The predicted molar refractivity (Wildman–Crippen MR) is 65.1 cm³/mol. The molecule has 0 N–H and O–H groups in total. The van der Waals surface area contributed by atoms with Gasteiger partial charge >= 0.3 is 0 Å². The second-order valence-electron chi connectivity index (χ2n) is 3.39. The van der Waals surface area contributed by atoms with Crippen molar-refractivity contribution in [1.82, 2.24) is 0 Å². The summed E-state index contributed by atoms with van der Waals surface area (Å²) in [5, 5.41) is 2.65. The Labute approximate surface area is 98.8 Å². The van der Waals surface area contributed by atoms with E-state index in [2.05, 4.69) is 0 Å². The molecule has 0 spiro atoms. The maximum atomic E-state index is 10.2. The van der Waals surface area contributed by atoms with Gasteiger partial charge < -0.3 is 9.53 Å². The van der Waals surface area contributed by atoms with Gasteiger partial charge in [-0.1, -0.05) is 35.9 Å². The van der Waals surface area contributed by atoms with Gasteiger partial charge in [0.2, 0.25) is 0 Å². The minimum absolute atomic E-state index is 0.398. The van der Waals surface area contributed by atoms with Crippen molar-refractivity contribution in [1.29, 1.82) is 0 Å². The highest BCUT2D eigenvalue weighted by Crippen LogP contribution is 2.31. The van der Waals surface area contributed by atoms with E-state index in [-0.39, 0.29) is 0 Å². The fraction of sp³-hybridized carbons (Fsp3) is 0.154. The average molecular weight is 235 g/mol. The molecule has 2 rings (SSSR count). The van der Waals surface area contributed by atoms with E-state index in [1.165, 1.54) is 0 Å². The molecule has 82 valence electrons. The van der Waals surface area contributed by atoms with Crippen LogP contribution in [0.1, 0.15) is 6.42 Å². The Balaban J connectivity index is 2.38. The van der Waals surface area contributed by atoms with Crippen molar-refractivity contribution in [2.45, 2.75) is 6.42 Å². The van der Waals surface area contributed by atoms with E-state index in [1.54, 1.807) is 6.07 Å². The molecule has 0 radical (unpaired) electrons.